The third-order valence-corrected chi connectivity index (χ3v) is 2.99. The Balaban J connectivity index is 2.54. The first-order valence-electron chi connectivity index (χ1n) is 3.43. The summed E-state index contributed by atoms with van der Waals surface area (Å²) in [6.45, 7) is 0. The van der Waals surface area contributed by atoms with Crippen molar-refractivity contribution in [1.29, 1.82) is 0 Å². The first kappa shape index (κ1) is 8.10. The smallest absolute Gasteiger partial charge is 0.427 e. The highest BCUT2D eigenvalue weighted by molar-refractivity contribution is 7.22. The zero-order valence-electron chi connectivity index (χ0n) is 6.36. The van der Waals surface area contributed by atoms with E-state index in [9.17, 15) is 5.02 Å². The van der Waals surface area contributed by atoms with E-state index in [2.05, 4.69) is 5.10 Å². The number of hydrazone groups is 1. The fourth-order valence-corrected chi connectivity index (χ4v) is 2.36. The molecule has 0 saturated heterocycles. The molecule has 0 bridgehead atoms. The van der Waals surface area contributed by atoms with E-state index in [-0.39, 0.29) is 0 Å². The fraction of sp³-hybridized carbons (Fsp3) is 0.167. The van der Waals surface area contributed by atoms with E-state index in [0.29, 0.717) is 5.17 Å². The fourth-order valence-electron chi connectivity index (χ4n) is 1.11. The summed E-state index contributed by atoms with van der Waals surface area (Å²) in [6, 6.07) is 1.86. The zero-order chi connectivity index (χ0) is 8.72. The molecule has 0 aliphatic carbocycles. The molecule has 12 heavy (non-hydrogen) atoms. The normalized spacial score (nSPS) is 16.1. The summed E-state index contributed by atoms with van der Waals surface area (Å²) < 4.78 is 0.859. The molecule has 6 heteroatoms. The molecule has 1 aliphatic heterocycles. The minimum atomic E-state index is -0.650. The Morgan fingerprint density at radius 3 is 3.25 bits per heavy atom. The molecule has 0 unspecified atom stereocenters. The molecule has 62 valence electrons. The monoisotopic (exact) mass is 200 g/mol. The highest BCUT2D eigenvalue weighted by atomic mass is 35.5. The van der Waals surface area contributed by atoms with Gasteiger partial charge in [-0.15, -0.1) is 0 Å². The summed E-state index contributed by atoms with van der Waals surface area (Å²) in [5.41, 5.74) is 0.840. The van der Waals surface area contributed by atoms with Crippen LogP contribution in [0.15, 0.2) is 16.5 Å². The molecule has 1 aromatic rings. The van der Waals surface area contributed by atoms with Crippen LogP contribution in [0.5, 0.6) is 0 Å². The molecule has 0 saturated carbocycles. The lowest BCUT2D eigenvalue weighted by Gasteiger charge is -2.21. The van der Waals surface area contributed by atoms with Crippen molar-refractivity contribution < 1.29 is 5.02 Å². The van der Waals surface area contributed by atoms with E-state index >= 15 is 0 Å². The van der Waals surface area contributed by atoms with Crippen molar-refractivity contribution in [1.82, 2.24) is 4.92 Å². The SMILES string of the molecule is CN1N=C(Cl)c2ccsc2B1O. The predicted octanol–water partition coefficient (Wildman–Crippen LogP) is 0.281. The van der Waals surface area contributed by atoms with Gasteiger partial charge in [-0.2, -0.15) is 16.4 Å². The predicted molar refractivity (Wildman–Crippen MR) is 52.1 cm³/mol. The molecule has 1 N–H and O–H groups in total. The molecule has 1 aliphatic rings. The highest BCUT2D eigenvalue weighted by Crippen LogP contribution is 2.14. The Kier molecular flexibility index (Phi) is 1.86. The summed E-state index contributed by atoms with van der Waals surface area (Å²) in [4.78, 5) is 1.45. The molecule has 1 aromatic heterocycles. The van der Waals surface area contributed by atoms with Crippen molar-refractivity contribution in [3.63, 3.8) is 0 Å². The van der Waals surface area contributed by atoms with Crippen LogP contribution < -0.4 is 4.78 Å². The first-order valence-corrected chi connectivity index (χ1v) is 4.68. The Bertz CT molecular complexity index is 340. The van der Waals surface area contributed by atoms with E-state index in [1.54, 1.807) is 7.05 Å². The lowest BCUT2D eigenvalue weighted by atomic mass is 9.78. The largest absolute Gasteiger partial charge is 0.477 e. The highest BCUT2D eigenvalue weighted by Gasteiger charge is 2.30. The zero-order valence-corrected chi connectivity index (χ0v) is 7.93. The average Bonchev–Trinajstić information content (AvgIpc) is 2.48. The lowest BCUT2D eigenvalue weighted by molar-refractivity contribution is 0.443. The number of rotatable bonds is 0. The number of nitrogens with zero attached hydrogens (tertiary/aromatic N) is 2. The van der Waals surface area contributed by atoms with Crippen molar-refractivity contribution >= 4 is 39.9 Å². The maximum absolute atomic E-state index is 9.61. The maximum atomic E-state index is 9.61. The summed E-state index contributed by atoms with van der Waals surface area (Å²) in [5.74, 6) is 0. The van der Waals surface area contributed by atoms with Gasteiger partial charge in [0.15, 0.2) is 5.17 Å². The molecule has 0 fully saturated rings. The number of halogens is 1. The van der Waals surface area contributed by atoms with E-state index in [0.717, 1.165) is 10.3 Å². The molecule has 0 aromatic carbocycles. The summed E-state index contributed by atoms with van der Waals surface area (Å²) >= 11 is 7.34. The third kappa shape index (κ3) is 1.05. The van der Waals surface area contributed by atoms with Crippen LogP contribution in [-0.4, -0.2) is 29.2 Å². The van der Waals surface area contributed by atoms with Crippen molar-refractivity contribution in [2.24, 2.45) is 5.10 Å². The van der Waals surface area contributed by atoms with Crippen LogP contribution >= 0.6 is 22.9 Å². The van der Waals surface area contributed by atoms with Crippen LogP contribution in [0.1, 0.15) is 5.56 Å². The van der Waals surface area contributed by atoms with Gasteiger partial charge >= 0.3 is 7.05 Å². The summed E-state index contributed by atoms with van der Waals surface area (Å²) in [6.07, 6.45) is 0. The number of thiophene rings is 1. The van der Waals surface area contributed by atoms with Gasteiger partial charge in [0.1, 0.15) is 0 Å². The minimum absolute atomic E-state index is 0.444. The van der Waals surface area contributed by atoms with Gasteiger partial charge < -0.3 is 9.94 Å². The third-order valence-electron chi connectivity index (χ3n) is 1.75. The van der Waals surface area contributed by atoms with Crippen LogP contribution in [-0.2, 0) is 0 Å². The van der Waals surface area contributed by atoms with Crippen molar-refractivity contribution in [3.05, 3.63) is 17.0 Å². The van der Waals surface area contributed by atoms with Crippen LogP contribution in [0.25, 0.3) is 0 Å². The maximum Gasteiger partial charge on any atom is 0.477 e. The van der Waals surface area contributed by atoms with E-state index in [1.165, 1.54) is 16.3 Å². The Morgan fingerprint density at radius 2 is 2.50 bits per heavy atom. The van der Waals surface area contributed by atoms with E-state index in [1.807, 2.05) is 11.4 Å². The number of hydrogen-bond acceptors (Lipinski definition) is 4. The number of fused-ring (bicyclic) bond motifs is 1. The van der Waals surface area contributed by atoms with Crippen LogP contribution in [0.3, 0.4) is 0 Å². The second-order valence-electron chi connectivity index (χ2n) is 2.54. The Morgan fingerprint density at radius 1 is 1.75 bits per heavy atom. The Labute approximate surface area is 79.4 Å². The van der Waals surface area contributed by atoms with Gasteiger partial charge in [0.25, 0.3) is 0 Å². The molecular weight excluding hydrogens is 194 g/mol. The lowest BCUT2D eigenvalue weighted by Crippen LogP contribution is -2.47. The van der Waals surface area contributed by atoms with E-state index < -0.39 is 7.05 Å². The van der Waals surface area contributed by atoms with Crippen LogP contribution in [0, 0.1) is 0 Å². The molecule has 0 amide bonds. The van der Waals surface area contributed by atoms with Gasteiger partial charge in [0.2, 0.25) is 0 Å². The van der Waals surface area contributed by atoms with Gasteiger partial charge in [0.05, 0.1) is 0 Å². The first-order chi connectivity index (χ1) is 5.70. The quantitative estimate of drug-likeness (QED) is 0.611. The molecule has 3 nitrogen and oxygen atoms in total. The van der Waals surface area contributed by atoms with Crippen LogP contribution in [0.2, 0.25) is 0 Å². The van der Waals surface area contributed by atoms with Gasteiger partial charge in [-0.3, -0.25) is 0 Å². The molecule has 0 spiro atoms. The van der Waals surface area contributed by atoms with Gasteiger partial charge in [-0.25, -0.2) is 0 Å². The van der Waals surface area contributed by atoms with Crippen molar-refractivity contribution in [2.75, 3.05) is 7.05 Å². The standard InChI is InChI=1S/C6H6BClN2OS/c1-10-7(11)5-4(2-3-12-5)6(8)9-10/h2-3,11H,1H3. The number of hydrogen-bond donors (Lipinski definition) is 1. The second-order valence-corrected chi connectivity index (χ2v) is 3.84. The minimum Gasteiger partial charge on any atom is -0.427 e. The Hall–Kier alpha value is -0.515. The second kappa shape index (κ2) is 2.76. The summed E-state index contributed by atoms with van der Waals surface area (Å²) in [5, 5.41) is 15.9. The molecule has 2 heterocycles. The van der Waals surface area contributed by atoms with Crippen molar-refractivity contribution in [3.8, 4) is 0 Å². The van der Waals surface area contributed by atoms with Crippen LogP contribution in [0.4, 0.5) is 0 Å². The summed E-state index contributed by atoms with van der Waals surface area (Å²) in [7, 11) is 1.04. The molecule has 0 radical (unpaired) electrons. The van der Waals surface area contributed by atoms with Gasteiger partial charge in [-0.1, -0.05) is 11.6 Å². The average molecular weight is 200 g/mol. The molecule has 2 rings (SSSR count). The van der Waals surface area contributed by atoms with E-state index in [4.69, 9.17) is 11.6 Å². The molecular formula is C6H6BClN2OS. The van der Waals surface area contributed by atoms with Gasteiger partial charge in [0, 0.05) is 17.4 Å². The van der Waals surface area contributed by atoms with Gasteiger partial charge in [-0.05, 0) is 11.4 Å². The van der Waals surface area contributed by atoms with Crippen molar-refractivity contribution in [2.45, 2.75) is 0 Å². The molecule has 0 atom stereocenters. The topological polar surface area (TPSA) is 35.8 Å².